The Morgan fingerprint density at radius 3 is 2.50 bits per heavy atom. The highest BCUT2D eigenvalue weighted by molar-refractivity contribution is 9.08. The van der Waals surface area contributed by atoms with E-state index in [1.165, 1.54) is 0 Å². The van der Waals surface area contributed by atoms with Gasteiger partial charge in [-0.3, -0.25) is 0 Å². The van der Waals surface area contributed by atoms with Gasteiger partial charge in [-0.2, -0.15) is 8.78 Å². The number of rotatable bonds is 4. The van der Waals surface area contributed by atoms with Crippen LogP contribution >= 0.6 is 15.9 Å². The fourth-order valence-electron chi connectivity index (χ4n) is 1.26. The first-order chi connectivity index (χ1) is 6.69. The lowest BCUT2D eigenvalue weighted by Gasteiger charge is -2.12. The summed E-state index contributed by atoms with van der Waals surface area (Å²) in [5.41, 5.74) is 1.56. The molecular formula is C10H11BrF2O. The molecule has 14 heavy (non-hydrogen) atoms. The molecule has 1 aromatic carbocycles. The number of benzene rings is 1. The molecule has 0 aliphatic heterocycles. The highest BCUT2D eigenvalue weighted by atomic mass is 79.9. The van der Waals surface area contributed by atoms with E-state index in [-0.39, 0.29) is 0 Å². The molecule has 0 spiro atoms. The fourth-order valence-corrected chi connectivity index (χ4v) is 1.70. The summed E-state index contributed by atoms with van der Waals surface area (Å²) in [5.74, 6) is 0.307. The molecule has 0 aliphatic rings. The summed E-state index contributed by atoms with van der Waals surface area (Å²) in [5, 5.41) is 0.517. The van der Waals surface area contributed by atoms with Gasteiger partial charge in [-0.05, 0) is 12.0 Å². The van der Waals surface area contributed by atoms with E-state index in [0.717, 1.165) is 11.1 Å². The zero-order valence-electron chi connectivity index (χ0n) is 7.77. The third-order valence-corrected chi connectivity index (χ3v) is 2.51. The van der Waals surface area contributed by atoms with E-state index in [1.54, 1.807) is 12.1 Å². The maximum atomic E-state index is 12.1. The first kappa shape index (κ1) is 11.4. The van der Waals surface area contributed by atoms with Gasteiger partial charge in [0.15, 0.2) is 0 Å². The Bertz CT molecular complexity index is 280. The summed E-state index contributed by atoms with van der Waals surface area (Å²) in [6, 6.07) is 5.41. The Kier molecular flexibility index (Phi) is 4.32. The third-order valence-electron chi connectivity index (χ3n) is 1.91. The largest absolute Gasteiger partial charge is 0.434 e. The summed E-state index contributed by atoms with van der Waals surface area (Å²) >= 11 is 3.24. The molecule has 1 nitrogen and oxygen atoms in total. The van der Waals surface area contributed by atoms with Crippen LogP contribution in [0, 0.1) is 0 Å². The summed E-state index contributed by atoms with van der Waals surface area (Å²) in [6.45, 7) is -0.855. The highest BCUT2D eigenvalue weighted by Crippen LogP contribution is 2.27. The van der Waals surface area contributed by atoms with Crippen molar-refractivity contribution in [1.29, 1.82) is 0 Å². The molecule has 4 heteroatoms. The summed E-state index contributed by atoms with van der Waals surface area (Å²) in [7, 11) is 0. The van der Waals surface area contributed by atoms with Crippen molar-refractivity contribution in [2.24, 2.45) is 0 Å². The SMILES string of the molecule is CCc1cccc(CBr)c1OC(F)F. The fraction of sp³-hybridized carbons (Fsp3) is 0.400. The van der Waals surface area contributed by atoms with Crippen molar-refractivity contribution in [2.45, 2.75) is 25.3 Å². The predicted molar refractivity (Wildman–Crippen MR) is 55.1 cm³/mol. The quantitative estimate of drug-likeness (QED) is 0.753. The molecule has 0 aliphatic carbocycles. The van der Waals surface area contributed by atoms with Crippen molar-refractivity contribution in [3.05, 3.63) is 29.3 Å². The van der Waals surface area contributed by atoms with Gasteiger partial charge in [0.2, 0.25) is 0 Å². The van der Waals surface area contributed by atoms with Gasteiger partial charge in [0.05, 0.1) is 0 Å². The summed E-state index contributed by atoms with van der Waals surface area (Å²) < 4.78 is 28.7. The van der Waals surface area contributed by atoms with Gasteiger partial charge in [0.1, 0.15) is 5.75 Å². The number of ether oxygens (including phenoxy) is 1. The van der Waals surface area contributed by atoms with Crippen LogP contribution in [0.4, 0.5) is 8.78 Å². The third kappa shape index (κ3) is 2.67. The first-order valence-corrected chi connectivity index (χ1v) is 5.42. The van der Waals surface area contributed by atoms with Crippen LogP contribution in [0.3, 0.4) is 0 Å². The van der Waals surface area contributed by atoms with Crippen molar-refractivity contribution >= 4 is 15.9 Å². The van der Waals surface area contributed by atoms with Crippen LogP contribution in [0.2, 0.25) is 0 Å². The van der Waals surface area contributed by atoms with Crippen molar-refractivity contribution in [3.63, 3.8) is 0 Å². The molecule has 1 rings (SSSR count). The van der Waals surface area contributed by atoms with Gasteiger partial charge in [-0.15, -0.1) is 0 Å². The minimum absolute atomic E-state index is 0.307. The molecule has 78 valence electrons. The van der Waals surface area contributed by atoms with Crippen LogP contribution in [-0.2, 0) is 11.8 Å². The molecular weight excluding hydrogens is 254 g/mol. The van der Waals surface area contributed by atoms with Gasteiger partial charge in [-0.25, -0.2) is 0 Å². The van der Waals surface area contributed by atoms with Crippen molar-refractivity contribution in [3.8, 4) is 5.75 Å². The van der Waals surface area contributed by atoms with Crippen LogP contribution in [0.15, 0.2) is 18.2 Å². The number of halogens is 3. The van der Waals surface area contributed by atoms with Crippen molar-refractivity contribution in [2.75, 3.05) is 0 Å². The van der Waals surface area contributed by atoms with Crippen molar-refractivity contribution in [1.82, 2.24) is 0 Å². The molecule has 0 radical (unpaired) electrons. The molecule has 0 heterocycles. The molecule has 0 bridgehead atoms. The molecule has 0 fully saturated rings. The van der Waals surface area contributed by atoms with E-state index in [9.17, 15) is 8.78 Å². The lowest BCUT2D eigenvalue weighted by atomic mass is 10.1. The second-order valence-corrected chi connectivity index (χ2v) is 3.33. The molecule has 0 N–H and O–H groups in total. The molecule has 0 saturated heterocycles. The maximum absolute atomic E-state index is 12.1. The van der Waals surface area contributed by atoms with E-state index in [4.69, 9.17) is 0 Å². The average molecular weight is 265 g/mol. The van der Waals surface area contributed by atoms with E-state index < -0.39 is 6.61 Å². The van der Waals surface area contributed by atoms with Gasteiger partial charge < -0.3 is 4.74 Å². The minimum atomic E-state index is -2.76. The van der Waals surface area contributed by atoms with Crippen molar-refractivity contribution < 1.29 is 13.5 Å². The number of hydrogen-bond acceptors (Lipinski definition) is 1. The first-order valence-electron chi connectivity index (χ1n) is 4.30. The number of para-hydroxylation sites is 1. The predicted octanol–water partition coefficient (Wildman–Crippen LogP) is 3.75. The highest BCUT2D eigenvalue weighted by Gasteiger charge is 2.12. The zero-order valence-corrected chi connectivity index (χ0v) is 9.35. The lowest BCUT2D eigenvalue weighted by Crippen LogP contribution is -2.06. The van der Waals surface area contributed by atoms with E-state index >= 15 is 0 Å². The summed E-state index contributed by atoms with van der Waals surface area (Å²) in [6.07, 6.45) is 0.683. The van der Waals surface area contributed by atoms with E-state index in [2.05, 4.69) is 20.7 Å². The smallest absolute Gasteiger partial charge is 0.387 e. The maximum Gasteiger partial charge on any atom is 0.387 e. The Hall–Kier alpha value is -0.640. The minimum Gasteiger partial charge on any atom is -0.434 e. The van der Waals surface area contributed by atoms with Crippen LogP contribution in [0.25, 0.3) is 0 Å². The van der Waals surface area contributed by atoms with Gasteiger partial charge in [0, 0.05) is 10.9 Å². The van der Waals surface area contributed by atoms with Crippen LogP contribution in [-0.4, -0.2) is 6.61 Å². The van der Waals surface area contributed by atoms with E-state index in [1.807, 2.05) is 13.0 Å². The van der Waals surface area contributed by atoms with Crippen LogP contribution in [0.5, 0.6) is 5.75 Å². The van der Waals surface area contributed by atoms with Gasteiger partial charge in [0.25, 0.3) is 0 Å². The molecule has 1 aromatic rings. The van der Waals surface area contributed by atoms with Gasteiger partial charge >= 0.3 is 6.61 Å². The normalized spacial score (nSPS) is 10.6. The standard InChI is InChI=1S/C10H11BrF2O/c1-2-7-4-3-5-8(6-11)9(7)14-10(12)13/h3-5,10H,2,6H2,1H3. The number of aryl methyl sites for hydroxylation is 1. The number of alkyl halides is 3. The molecule has 0 amide bonds. The lowest BCUT2D eigenvalue weighted by molar-refractivity contribution is -0.0508. The average Bonchev–Trinajstić information content (AvgIpc) is 2.17. The monoisotopic (exact) mass is 264 g/mol. The molecule has 0 aromatic heterocycles. The molecule has 0 saturated carbocycles. The zero-order chi connectivity index (χ0) is 10.6. The van der Waals surface area contributed by atoms with E-state index in [0.29, 0.717) is 17.5 Å². The Morgan fingerprint density at radius 1 is 1.36 bits per heavy atom. The number of hydrogen-bond donors (Lipinski definition) is 0. The molecule has 0 atom stereocenters. The van der Waals surface area contributed by atoms with Crippen LogP contribution in [0.1, 0.15) is 18.1 Å². The topological polar surface area (TPSA) is 9.23 Å². The Labute approximate surface area is 90.2 Å². The molecule has 0 unspecified atom stereocenters. The Morgan fingerprint density at radius 2 is 2.00 bits per heavy atom. The summed E-state index contributed by atoms with van der Waals surface area (Å²) in [4.78, 5) is 0. The van der Waals surface area contributed by atoms with Crippen LogP contribution < -0.4 is 4.74 Å². The second kappa shape index (κ2) is 5.29. The Balaban J connectivity index is 3.05. The van der Waals surface area contributed by atoms with Gasteiger partial charge in [-0.1, -0.05) is 41.1 Å². The second-order valence-electron chi connectivity index (χ2n) is 2.77.